The first-order chi connectivity index (χ1) is 8.29. The second-order valence-corrected chi connectivity index (χ2v) is 3.53. The molecule has 0 unspecified atom stereocenters. The molecular formula is C15H16O2. The predicted octanol–water partition coefficient (Wildman–Crippen LogP) is 3.39. The van der Waals surface area contributed by atoms with Crippen LogP contribution in [0.1, 0.15) is 12.0 Å². The summed E-state index contributed by atoms with van der Waals surface area (Å²) < 4.78 is 0. The van der Waals surface area contributed by atoms with Crippen molar-refractivity contribution in [2.75, 3.05) is 0 Å². The fourth-order valence-corrected chi connectivity index (χ4v) is 1.28. The van der Waals surface area contributed by atoms with Gasteiger partial charge in [-0.3, -0.25) is 4.79 Å². The molecule has 0 aliphatic heterocycles. The lowest BCUT2D eigenvalue weighted by molar-refractivity contribution is -0.136. The number of rotatable bonds is 3. The van der Waals surface area contributed by atoms with E-state index in [2.05, 4.69) is 0 Å². The van der Waals surface area contributed by atoms with Crippen LogP contribution in [-0.4, -0.2) is 11.1 Å². The number of carboxylic acids is 1. The van der Waals surface area contributed by atoms with Gasteiger partial charge in [-0.15, -0.1) is 0 Å². The summed E-state index contributed by atoms with van der Waals surface area (Å²) in [5.74, 6) is -0.742. The molecule has 0 bridgehead atoms. The monoisotopic (exact) mass is 228 g/mol. The second-order valence-electron chi connectivity index (χ2n) is 3.53. The third kappa shape index (κ3) is 6.90. The molecule has 0 saturated heterocycles. The molecule has 2 heteroatoms. The van der Waals surface area contributed by atoms with Gasteiger partial charge in [0.15, 0.2) is 0 Å². The van der Waals surface area contributed by atoms with E-state index in [9.17, 15) is 4.79 Å². The molecule has 88 valence electrons. The maximum absolute atomic E-state index is 10.2. The third-order valence-corrected chi connectivity index (χ3v) is 2.14. The van der Waals surface area contributed by atoms with Crippen molar-refractivity contribution in [1.82, 2.24) is 0 Å². The Morgan fingerprint density at radius 1 is 0.824 bits per heavy atom. The summed E-state index contributed by atoms with van der Waals surface area (Å²) in [6.45, 7) is 0. The van der Waals surface area contributed by atoms with Gasteiger partial charge in [-0.05, 0) is 12.0 Å². The van der Waals surface area contributed by atoms with Gasteiger partial charge in [0.25, 0.3) is 0 Å². The number of hydrogen-bond donors (Lipinski definition) is 1. The number of carbonyl (C=O) groups is 1. The molecule has 0 aromatic heterocycles. The van der Waals surface area contributed by atoms with E-state index in [1.165, 1.54) is 0 Å². The second kappa shape index (κ2) is 8.11. The van der Waals surface area contributed by atoms with E-state index in [0.717, 1.165) is 5.56 Å². The summed E-state index contributed by atoms with van der Waals surface area (Å²) in [5, 5.41) is 8.37. The Balaban J connectivity index is 0.000000202. The minimum Gasteiger partial charge on any atom is -0.481 e. The summed E-state index contributed by atoms with van der Waals surface area (Å²) in [7, 11) is 0. The van der Waals surface area contributed by atoms with Gasteiger partial charge >= 0.3 is 5.97 Å². The van der Waals surface area contributed by atoms with Crippen LogP contribution in [0.15, 0.2) is 66.7 Å². The van der Waals surface area contributed by atoms with Crippen molar-refractivity contribution in [2.45, 2.75) is 12.8 Å². The average molecular weight is 228 g/mol. The zero-order chi connectivity index (χ0) is 12.3. The molecule has 0 fully saturated rings. The zero-order valence-corrected chi connectivity index (χ0v) is 9.62. The minimum absolute atomic E-state index is 0.212. The molecule has 2 aromatic rings. The summed E-state index contributed by atoms with van der Waals surface area (Å²) in [6, 6.07) is 21.6. The van der Waals surface area contributed by atoms with Crippen LogP contribution in [0.25, 0.3) is 0 Å². The smallest absolute Gasteiger partial charge is 0.303 e. The first-order valence-corrected chi connectivity index (χ1v) is 5.55. The number of carboxylic acid groups (broad SMARTS) is 1. The van der Waals surface area contributed by atoms with Gasteiger partial charge in [-0.1, -0.05) is 66.7 Å². The van der Waals surface area contributed by atoms with Gasteiger partial charge in [0.2, 0.25) is 0 Å². The van der Waals surface area contributed by atoms with Crippen molar-refractivity contribution in [2.24, 2.45) is 0 Å². The van der Waals surface area contributed by atoms with Crippen LogP contribution in [-0.2, 0) is 11.2 Å². The van der Waals surface area contributed by atoms with Crippen molar-refractivity contribution in [1.29, 1.82) is 0 Å². The van der Waals surface area contributed by atoms with Crippen LogP contribution in [0.3, 0.4) is 0 Å². The molecule has 0 saturated carbocycles. The first kappa shape index (κ1) is 13.0. The van der Waals surface area contributed by atoms with E-state index in [1.54, 1.807) is 0 Å². The Morgan fingerprint density at radius 2 is 1.24 bits per heavy atom. The molecule has 2 aromatic carbocycles. The van der Waals surface area contributed by atoms with Crippen LogP contribution >= 0.6 is 0 Å². The van der Waals surface area contributed by atoms with Gasteiger partial charge < -0.3 is 5.11 Å². The first-order valence-electron chi connectivity index (χ1n) is 5.55. The van der Waals surface area contributed by atoms with Crippen molar-refractivity contribution >= 4 is 5.97 Å². The van der Waals surface area contributed by atoms with Crippen LogP contribution < -0.4 is 0 Å². The number of benzene rings is 2. The minimum atomic E-state index is -0.742. The van der Waals surface area contributed by atoms with E-state index in [4.69, 9.17) is 5.11 Å². The van der Waals surface area contributed by atoms with Crippen LogP contribution in [0.2, 0.25) is 0 Å². The molecule has 0 aliphatic carbocycles. The van der Waals surface area contributed by atoms with E-state index >= 15 is 0 Å². The van der Waals surface area contributed by atoms with E-state index < -0.39 is 5.97 Å². The van der Waals surface area contributed by atoms with Crippen molar-refractivity contribution < 1.29 is 9.90 Å². The molecular weight excluding hydrogens is 212 g/mol. The molecule has 0 aliphatic rings. The van der Waals surface area contributed by atoms with Crippen LogP contribution in [0.5, 0.6) is 0 Å². The van der Waals surface area contributed by atoms with Gasteiger partial charge in [0.05, 0.1) is 0 Å². The number of hydrogen-bond acceptors (Lipinski definition) is 1. The highest BCUT2D eigenvalue weighted by molar-refractivity contribution is 5.67. The van der Waals surface area contributed by atoms with Crippen LogP contribution in [0.4, 0.5) is 0 Å². The summed E-state index contributed by atoms with van der Waals surface area (Å²) in [6.07, 6.45) is 0.834. The highest BCUT2D eigenvalue weighted by Gasteiger charge is 1.96. The maximum Gasteiger partial charge on any atom is 0.303 e. The van der Waals surface area contributed by atoms with Crippen molar-refractivity contribution in [3.8, 4) is 0 Å². The Hall–Kier alpha value is -2.09. The van der Waals surface area contributed by atoms with Crippen molar-refractivity contribution in [3.05, 3.63) is 72.3 Å². The molecule has 0 radical (unpaired) electrons. The molecule has 1 N–H and O–H groups in total. The standard InChI is InChI=1S/C9H10O2.C6H6/c10-9(11)7-6-8-4-2-1-3-5-8;1-2-4-6-5-3-1/h1-5H,6-7H2,(H,10,11);1-6H. The normalized spacial score (nSPS) is 8.94. The van der Waals surface area contributed by atoms with Gasteiger partial charge in [-0.25, -0.2) is 0 Å². The highest BCUT2D eigenvalue weighted by Crippen LogP contribution is 2.01. The molecule has 0 heterocycles. The molecule has 0 spiro atoms. The highest BCUT2D eigenvalue weighted by atomic mass is 16.4. The van der Waals surface area contributed by atoms with Gasteiger partial charge in [-0.2, -0.15) is 0 Å². The van der Waals surface area contributed by atoms with Crippen molar-refractivity contribution in [3.63, 3.8) is 0 Å². The summed E-state index contributed by atoms with van der Waals surface area (Å²) >= 11 is 0. The topological polar surface area (TPSA) is 37.3 Å². The molecule has 2 nitrogen and oxygen atoms in total. The largest absolute Gasteiger partial charge is 0.481 e. The lowest BCUT2D eigenvalue weighted by atomic mass is 10.1. The Labute approximate surface area is 102 Å². The zero-order valence-electron chi connectivity index (χ0n) is 9.62. The third-order valence-electron chi connectivity index (χ3n) is 2.14. The molecule has 0 amide bonds. The Morgan fingerprint density at radius 3 is 1.65 bits per heavy atom. The molecule has 17 heavy (non-hydrogen) atoms. The summed E-state index contributed by atoms with van der Waals surface area (Å²) in [5.41, 5.74) is 1.08. The Kier molecular flexibility index (Phi) is 6.19. The lowest BCUT2D eigenvalue weighted by Crippen LogP contribution is -1.96. The van der Waals surface area contributed by atoms with Crippen LogP contribution in [0, 0.1) is 0 Å². The van der Waals surface area contributed by atoms with Gasteiger partial charge in [0, 0.05) is 6.42 Å². The molecule has 0 atom stereocenters. The quantitative estimate of drug-likeness (QED) is 0.874. The molecule has 2 rings (SSSR count). The predicted molar refractivity (Wildman–Crippen MR) is 68.8 cm³/mol. The lowest BCUT2D eigenvalue weighted by Gasteiger charge is -1.95. The SMILES string of the molecule is O=C(O)CCc1ccccc1.c1ccccc1. The fourth-order valence-electron chi connectivity index (χ4n) is 1.28. The average Bonchev–Trinajstić information content (AvgIpc) is 2.40. The fraction of sp³-hybridized carbons (Fsp3) is 0.133. The Bertz CT molecular complexity index is 383. The number of aliphatic carboxylic acids is 1. The number of aryl methyl sites for hydroxylation is 1. The van der Waals surface area contributed by atoms with E-state index in [1.807, 2.05) is 66.7 Å². The van der Waals surface area contributed by atoms with Gasteiger partial charge in [0.1, 0.15) is 0 Å². The van der Waals surface area contributed by atoms with E-state index in [0.29, 0.717) is 6.42 Å². The summed E-state index contributed by atoms with van der Waals surface area (Å²) in [4.78, 5) is 10.2. The maximum atomic E-state index is 10.2. The van der Waals surface area contributed by atoms with E-state index in [-0.39, 0.29) is 6.42 Å².